The van der Waals surface area contributed by atoms with Gasteiger partial charge in [0, 0.05) is 20.5 Å². The van der Waals surface area contributed by atoms with Gasteiger partial charge in [-0.1, -0.05) is 54.2 Å². The summed E-state index contributed by atoms with van der Waals surface area (Å²) in [4.78, 5) is 4.73. The summed E-state index contributed by atoms with van der Waals surface area (Å²) in [5.41, 5.74) is 7.68. The van der Waals surface area contributed by atoms with Crippen LogP contribution in [0.25, 0.3) is 11.3 Å². The molecule has 1 aromatic carbocycles. The quantitative estimate of drug-likeness (QED) is 0.796. The molecule has 21 heavy (non-hydrogen) atoms. The minimum Gasteiger partial charge on any atom is -0.383 e. The molecule has 0 atom stereocenters. The smallest absolute Gasteiger partial charge is 0.132 e. The molecule has 0 fully saturated rings. The number of anilines is 1. The molecule has 0 saturated heterocycles. The van der Waals surface area contributed by atoms with Gasteiger partial charge in [0.25, 0.3) is 0 Å². The number of hydrogen-bond donors (Lipinski definition) is 1. The average molecular weight is 367 g/mol. The fraction of sp³-hybridized carbons (Fsp3) is 0.312. The van der Waals surface area contributed by atoms with Crippen LogP contribution in [0.4, 0.5) is 5.82 Å². The van der Waals surface area contributed by atoms with E-state index in [1.807, 2.05) is 22.8 Å². The van der Waals surface area contributed by atoms with Gasteiger partial charge < -0.3 is 10.3 Å². The van der Waals surface area contributed by atoms with Gasteiger partial charge in [-0.3, -0.25) is 0 Å². The van der Waals surface area contributed by atoms with Crippen molar-refractivity contribution in [3.63, 3.8) is 0 Å². The summed E-state index contributed by atoms with van der Waals surface area (Å²) in [5.74, 6) is 4.05. The third kappa shape index (κ3) is 3.09. The van der Waals surface area contributed by atoms with Crippen LogP contribution in [0.5, 0.6) is 0 Å². The summed E-state index contributed by atoms with van der Waals surface area (Å²) in [6.45, 7) is 6.64. The number of halogens is 2. The molecule has 0 aliphatic carbocycles. The van der Waals surface area contributed by atoms with Crippen molar-refractivity contribution in [1.82, 2.24) is 9.55 Å². The van der Waals surface area contributed by atoms with Gasteiger partial charge in [-0.15, -0.1) is 6.42 Å². The molecule has 0 aliphatic heterocycles. The number of terminal acetylenes is 1. The van der Waals surface area contributed by atoms with Crippen LogP contribution in [0, 0.1) is 12.3 Å². The molecule has 0 amide bonds. The Morgan fingerprint density at radius 2 is 2.10 bits per heavy atom. The number of rotatable bonds is 2. The highest BCUT2D eigenvalue weighted by Gasteiger charge is 2.25. The van der Waals surface area contributed by atoms with Gasteiger partial charge in [0.2, 0.25) is 0 Å². The maximum absolute atomic E-state index is 6.28. The molecule has 2 rings (SSSR count). The van der Waals surface area contributed by atoms with Gasteiger partial charge in [-0.25, -0.2) is 4.98 Å². The first-order valence-electron chi connectivity index (χ1n) is 6.51. The minimum atomic E-state index is -0.158. The fourth-order valence-corrected chi connectivity index (χ4v) is 2.77. The van der Waals surface area contributed by atoms with E-state index >= 15 is 0 Å². The third-order valence-electron chi connectivity index (χ3n) is 3.11. The van der Waals surface area contributed by atoms with Crippen LogP contribution < -0.4 is 5.73 Å². The molecule has 0 unspecified atom stereocenters. The number of hydrogen-bond acceptors (Lipinski definition) is 2. The van der Waals surface area contributed by atoms with Gasteiger partial charge in [-0.2, -0.15) is 0 Å². The molecule has 0 saturated carbocycles. The van der Waals surface area contributed by atoms with E-state index in [9.17, 15) is 0 Å². The topological polar surface area (TPSA) is 43.8 Å². The van der Waals surface area contributed by atoms with Crippen LogP contribution in [0.15, 0.2) is 22.7 Å². The Morgan fingerprint density at radius 3 is 2.67 bits per heavy atom. The van der Waals surface area contributed by atoms with Gasteiger partial charge in [0.1, 0.15) is 17.3 Å². The van der Waals surface area contributed by atoms with E-state index < -0.39 is 0 Å². The largest absolute Gasteiger partial charge is 0.383 e. The SMILES string of the molecule is C#CCn1c(C(C)(C)C)nc(-c2cc(Cl)ccc2Br)c1N. The van der Waals surface area contributed by atoms with Gasteiger partial charge >= 0.3 is 0 Å². The van der Waals surface area contributed by atoms with Gasteiger partial charge in [-0.05, 0) is 18.2 Å². The molecular weight excluding hydrogens is 350 g/mol. The molecule has 2 aromatic rings. The molecule has 0 aliphatic rings. The Labute approximate surface area is 138 Å². The van der Waals surface area contributed by atoms with Crippen molar-refractivity contribution >= 4 is 33.3 Å². The summed E-state index contributed by atoms with van der Waals surface area (Å²) in [6, 6.07) is 5.54. The molecule has 1 heterocycles. The second-order valence-electron chi connectivity index (χ2n) is 5.83. The van der Waals surface area contributed by atoms with E-state index in [1.54, 1.807) is 0 Å². The molecule has 3 nitrogen and oxygen atoms in total. The summed E-state index contributed by atoms with van der Waals surface area (Å²) in [7, 11) is 0. The maximum atomic E-state index is 6.28. The van der Waals surface area contributed by atoms with Crippen LogP contribution in [0.2, 0.25) is 5.02 Å². The lowest BCUT2D eigenvalue weighted by Crippen LogP contribution is -2.19. The number of nitrogens with zero attached hydrogens (tertiary/aromatic N) is 2. The summed E-state index contributed by atoms with van der Waals surface area (Å²) in [5, 5.41) is 0.636. The molecule has 2 N–H and O–H groups in total. The average Bonchev–Trinajstić information content (AvgIpc) is 2.71. The highest BCUT2D eigenvalue weighted by Crippen LogP contribution is 2.36. The zero-order valence-electron chi connectivity index (χ0n) is 12.2. The number of nitrogen functional groups attached to an aromatic ring is 1. The molecular formula is C16H17BrClN3. The lowest BCUT2D eigenvalue weighted by molar-refractivity contribution is 0.517. The Kier molecular flexibility index (Phi) is 4.36. The standard InChI is InChI=1S/C16H17BrClN3/c1-5-8-21-14(19)13(20-15(21)16(2,3)4)11-9-10(18)6-7-12(11)17/h1,6-7,9H,8,19H2,2-4H3. The van der Waals surface area contributed by atoms with Crippen molar-refractivity contribution in [3.05, 3.63) is 33.5 Å². The Bertz CT molecular complexity index is 720. The van der Waals surface area contributed by atoms with Gasteiger partial charge in [0.05, 0.1) is 6.54 Å². The molecule has 5 heteroatoms. The summed E-state index contributed by atoms with van der Waals surface area (Å²) >= 11 is 9.61. The number of nitrogens with two attached hydrogens (primary N) is 1. The van der Waals surface area contributed by atoms with Crippen LogP contribution >= 0.6 is 27.5 Å². The van der Waals surface area contributed by atoms with Crippen molar-refractivity contribution < 1.29 is 0 Å². The second kappa shape index (κ2) is 5.75. The van der Waals surface area contributed by atoms with Crippen LogP contribution in [-0.2, 0) is 12.0 Å². The number of aromatic nitrogens is 2. The molecule has 1 aromatic heterocycles. The lowest BCUT2D eigenvalue weighted by atomic mass is 9.95. The second-order valence-corrected chi connectivity index (χ2v) is 7.12. The predicted molar refractivity (Wildman–Crippen MR) is 92.3 cm³/mol. The van der Waals surface area contributed by atoms with Crippen molar-refractivity contribution in [2.24, 2.45) is 0 Å². The zero-order chi connectivity index (χ0) is 15.8. The summed E-state index contributed by atoms with van der Waals surface area (Å²) in [6.07, 6.45) is 5.46. The fourth-order valence-electron chi connectivity index (χ4n) is 2.17. The van der Waals surface area contributed by atoms with E-state index in [1.165, 1.54) is 0 Å². The molecule has 0 spiro atoms. The van der Waals surface area contributed by atoms with E-state index in [0.29, 0.717) is 23.1 Å². The molecule has 0 bridgehead atoms. The van der Waals surface area contributed by atoms with Crippen molar-refractivity contribution in [2.75, 3.05) is 5.73 Å². The van der Waals surface area contributed by atoms with E-state index in [-0.39, 0.29) is 5.41 Å². The summed E-state index contributed by atoms with van der Waals surface area (Å²) < 4.78 is 2.77. The van der Waals surface area contributed by atoms with Crippen molar-refractivity contribution in [1.29, 1.82) is 0 Å². The van der Waals surface area contributed by atoms with Crippen LogP contribution in [0.3, 0.4) is 0 Å². The Morgan fingerprint density at radius 1 is 1.43 bits per heavy atom. The normalized spacial score (nSPS) is 11.4. The predicted octanol–water partition coefficient (Wildman–Crippen LogP) is 4.48. The van der Waals surface area contributed by atoms with E-state index in [4.69, 9.17) is 28.7 Å². The van der Waals surface area contributed by atoms with E-state index in [2.05, 4.69) is 42.6 Å². The highest BCUT2D eigenvalue weighted by atomic mass is 79.9. The lowest BCUT2D eigenvalue weighted by Gasteiger charge is -2.18. The molecule has 110 valence electrons. The van der Waals surface area contributed by atoms with Gasteiger partial charge in [0.15, 0.2) is 0 Å². The van der Waals surface area contributed by atoms with Crippen molar-refractivity contribution in [3.8, 4) is 23.6 Å². The number of benzene rings is 1. The first-order chi connectivity index (χ1) is 9.75. The minimum absolute atomic E-state index is 0.158. The highest BCUT2D eigenvalue weighted by molar-refractivity contribution is 9.10. The maximum Gasteiger partial charge on any atom is 0.132 e. The van der Waals surface area contributed by atoms with Crippen molar-refractivity contribution in [2.45, 2.75) is 32.7 Å². The third-order valence-corrected chi connectivity index (χ3v) is 4.04. The van der Waals surface area contributed by atoms with E-state index in [0.717, 1.165) is 15.9 Å². The Balaban J connectivity index is 2.71. The first kappa shape index (κ1) is 15.9. The monoisotopic (exact) mass is 365 g/mol. The van der Waals surface area contributed by atoms with Crippen LogP contribution in [-0.4, -0.2) is 9.55 Å². The zero-order valence-corrected chi connectivity index (χ0v) is 14.6. The van der Waals surface area contributed by atoms with Crippen LogP contribution in [0.1, 0.15) is 26.6 Å². The molecule has 0 radical (unpaired) electrons. The Hall–Kier alpha value is -1.44. The number of imidazole rings is 1. The first-order valence-corrected chi connectivity index (χ1v) is 7.68.